The van der Waals surface area contributed by atoms with E-state index in [1.165, 1.54) is 94.8 Å². The molecular formula is C63H113N11O14. The van der Waals surface area contributed by atoms with Crippen LogP contribution in [0.3, 0.4) is 0 Å². The number of esters is 1. The van der Waals surface area contributed by atoms with Gasteiger partial charge in [-0.3, -0.25) is 57.5 Å². The molecule has 1 aliphatic rings. The van der Waals surface area contributed by atoms with Gasteiger partial charge in [-0.15, -0.1) is 0 Å². The van der Waals surface area contributed by atoms with Crippen LogP contribution in [0.1, 0.15) is 162 Å². The summed E-state index contributed by atoms with van der Waals surface area (Å²) >= 11 is 0. The highest BCUT2D eigenvalue weighted by Crippen LogP contribution is 2.26. The number of carbonyl (C=O) groups is 12. The van der Waals surface area contributed by atoms with Crippen LogP contribution < -0.4 is 21.3 Å². The predicted octanol–water partition coefficient (Wildman–Crippen LogP) is 2.65. The molecule has 0 aromatic heterocycles. The Morgan fingerprint density at radius 3 is 1.36 bits per heavy atom. The molecule has 25 heteroatoms. The third-order valence-electron chi connectivity index (χ3n) is 16.6. The highest BCUT2D eigenvalue weighted by molar-refractivity contribution is 5.99. The van der Waals surface area contributed by atoms with Gasteiger partial charge in [0.1, 0.15) is 60.4 Å². The fourth-order valence-corrected chi connectivity index (χ4v) is 11.0. The van der Waals surface area contributed by atoms with Gasteiger partial charge in [-0.05, 0) is 100 Å². The Morgan fingerprint density at radius 2 is 0.909 bits per heavy atom. The van der Waals surface area contributed by atoms with Crippen molar-refractivity contribution < 1.29 is 67.4 Å². The van der Waals surface area contributed by atoms with Gasteiger partial charge >= 0.3 is 5.97 Å². The minimum absolute atomic E-state index is 0.00280. The van der Waals surface area contributed by atoms with Crippen LogP contribution in [-0.4, -0.2) is 240 Å². The number of rotatable bonds is 17. The maximum absolute atomic E-state index is 15.2. The second kappa shape index (κ2) is 36.3. The topological polar surface area (TPSA) is 305 Å². The van der Waals surface area contributed by atoms with Gasteiger partial charge in [0.2, 0.25) is 65.0 Å². The van der Waals surface area contributed by atoms with Gasteiger partial charge in [0.05, 0.1) is 19.8 Å². The van der Waals surface area contributed by atoms with E-state index in [-0.39, 0.29) is 75.0 Å². The van der Waals surface area contributed by atoms with Gasteiger partial charge in [-0.2, -0.15) is 0 Å². The van der Waals surface area contributed by atoms with Crippen molar-refractivity contribution >= 4 is 70.9 Å². The largest absolute Gasteiger partial charge is 0.469 e. The highest BCUT2D eigenvalue weighted by atomic mass is 16.5. The first-order valence-corrected chi connectivity index (χ1v) is 31.4. The quantitative estimate of drug-likeness (QED) is 0.131. The van der Waals surface area contributed by atoms with Crippen LogP contribution in [0.4, 0.5) is 0 Å². The van der Waals surface area contributed by atoms with Crippen molar-refractivity contribution in [3.8, 4) is 0 Å². The van der Waals surface area contributed by atoms with Crippen molar-refractivity contribution in [2.45, 2.75) is 229 Å². The van der Waals surface area contributed by atoms with E-state index >= 15 is 9.59 Å². The molecule has 1 heterocycles. The summed E-state index contributed by atoms with van der Waals surface area (Å²) in [5.74, 6) is -10.8. The summed E-state index contributed by atoms with van der Waals surface area (Å²) in [7, 11) is 11.0. The molecule has 1 rings (SSSR count). The molecule has 25 nitrogen and oxygen atoms in total. The number of hydrogen-bond donors (Lipinski definition) is 5. The molecule has 0 radical (unpaired) electrons. The fraction of sp³-hybridized carbons (Fsp3) is 0.810. The first-order valence-electron chi connectivity index (χ1n) is 31.4. The zero-order chi connectivity index (χ0) is 68.3. The van der Waals surface area contributed by atoms with Crippen LogP contribution in [0, 0.1) is 41.4 Å². The summed E-state index contributed by atoms with van der Waals surface area (Å²) in [5.41, 5.74) is 0. The van der Waals surface area contributed by atoms with E-state index in [2.05, 4.69) is 21.3 Å². The molecule has 0 saturated carbocycles. The normalized spacial score (nSPS) is 26.2. The van der Waals surface area contributed by atoms with Gasteiger partial charge in [-0.25, -0.2) is 0 Å². The minimum atomic E-state index is -1.70. The summed E-state index contributed by atoms with van der Waals surface area (Å²) < 4.78 is 4.80. The molecule has 0 bridgehead atoms. The van der Waals surface area contributed by atoms with Gasteiger partial charge in [0, 0.05) is 55.8 Å². The second-order valence-electron chi connectivity index (χ2n) is 26.8. The smallest absolute Gasteiger partial charge is 0.305 e. The van der Waals surface area contributed by atoms with Crippen LogP contribution in [-0.2, 0) is 62.3 Å². The van der Waals surface area contributed by atoms with Crippen LogP contribution in [0.5, 0.6) is 0 Å². The van der Waals surface area contributed by atoms with Crippen LogP contribution in [0.2, 0.25) is 0 Å². The van der Waals surface area contributed by atoms with Crippen LogP contribution in [0.25, 0.3) is 0 Å². The van der Waals surface area contributed by atoms with Crippen LogP contribution in [0.15, 0.2) is 0 Å². The highest BCUT2D eigenvalue weighted by Gasteiger charge is 2.46. The van der Waals surface area contributed by atoms with E-state index in [0.717, 1.165) is 9.80 Å². The summed E-state index contributed by atoms with van der Waals surface area (Å²) in [6, 6.07) is -12.7. The Balaban J connectivity index is 4.34. The molecule has 88 heavy (non-hydrogen) atoms. The lowest BCUT2D eigenvalue weighted by Gasteiger charge is -2.41. The molecule has 5 N–H and O–H groups in total. The summed E-state index contributed by atoms with van der Waals surface area (Å²) in [4.78, 5) is 181. The molecule has 504 valence electrons. The zero-order valence-corrected chi connectivity index (χ0v) is 57.6. The van der Waals surface area contributed by atoms with Crippen molar-refractivity contribution in [2.75, 3.05) is 63.0 Å². The summed E-state index contributed by atoms with van der Waals surface area (Å²) in [6.07, 6.45) is -0.637. The van der Waals surface area contributed by atoms with E-state index < -0.39 is 162 Å². The number of carbonyl (C=O) groups excluding carboxylic acids is 12. The standard InChI is InChI=1S/C63H113N11O14/c1-25-43-59(83)68(17)33-48(75)69(18)44(29-34(2)3)56(80)67-50(38(10)11)62(86)70(19)45(30-35(4)5)55(79)64-41(15)54(78)65-42(16)58(82)71(20)46(31-36(6)7)60(84)72(21)47(32-37(8)9)61(85)73(22)51(39(12)13)63(87)74(23)52(57(81)66-43)53(77)40(14)27-26-28-49(76)88-24/h34-47,50-53,77H,25-33H2,1-24H3,(H,64,79)(H,65,78)(H,66,81)(H,67,80)/t40-,41+,42-,43+,44+,45+,46+,47+,50+,51+,52+,53-/m1/s1. The van der Waals surface area contributed by atoms with E-state index in [4.69, 9.17) is 4.74 Å². The summed E-state index contributed by atoms with van der Waals surface area (Å²) in [5, 5.41) is 23.1. The average Bonchev–Trinajstić information content (AvgIpc) is 2.89. The summed E-state index contributed by atoms with van der Waals surface area (Å²) in [6.45, 7) is 27.2. The molecule has 1 saturated heterocycles. The van der Waals surface area contributed by atoms with Crippen molar-refractivity contribution in [3.05, 3.63) is 0 Å². The number of likely N-dealkylation sites (N-methyl/N-ethyl adjacent to an activating group) is 7. The monoisotopic (exact) mass is 1250 g/mol. The predicted molar refractivity (Wildman–Crippen MR) is 335 cm³/mol. The number of methoxy groups -OCH3 is 1. The number of aliphatic hydroxyl groups excluding tert-OH is 1. The van der Waals surface area contributed by atoms with Crippen molar-refractivity contribution in [2.24, 2.45) is 41.4 Å². The lowest BCUT2D eigenvalue weighted by Crippen LogP contribution is -2.63. The van der Waals surface area contributed by atoms with E-state index in [1.54, 1.807) is 41.5 Å². The minimum Gasteiger partial charge on any atom is -0.469 e. The maximum Gasteiger partial charge on any atom is 0.305 e. The molecule has 0 unspecified atom stereocenters. The van der Waals surface area contributed by atoms with E-state index in [9.17, 15) is 53.1 Å². The second-order valence-corrected chi connectivity index (χ2v) is 26.8. The van der Waals surface area contributed by atoms with Crippen molar-refractivity contribution in [1.82, 2.24) is 55.6 Å². The molecule has 0 aromatic rings. The molecule has 0 aromatic carbocycles. The van der Waals surface area contributed by atoms with Gasteiger partial charge in [-0.1, -0.05) is 96.9 Å². The third kappa shape index (κ3) is 22.6. The molecular weight excluding hydrogens is 1130 g/mol. The lowest BCUT2D eigenvalue weighted by atomic mass is 9.90. The number of hydrogen-bond acceptors (Lipinski definition) is 14. The number of ether oxygens (including phenoxy) is 1. The Kier molecular flexibility index (Phi) is 32.8. The molecule has 11 amide bonds. The van der Waals surface area contributed by atoms with Crippen molar-refractivity contribution in [3.63, 3.8) is 0 Å². The molecule has 0 spiro atoms. The van der Waals surface area contributed by atoms with Gasteiger partial charge < -0.3 is 65.4 Å². The molecule has 0 aliphatic carbocycles. The average molecular weight is 1250 g/mol. The Morgan fingerprint density at radius 1 is 0.489 bits per heavy atom. The van der Waals surface area contributed by atoms with E-state index in [0.29, 0.717) is 0 Å². The van der Waals surface area contributed by atoms with Gasteiger partial charge in [0.15, 0.2) is 0 Å². The lowest BCUT2D eigenvalue weighted by molar-refractivity contribution is -0.157. The number of nitrogens with one attached hydrogen (secondary N) is 4. The van der Waals surface area contributed by atoms with Crippen LogP contribution >= 0.6 is 0 Å². The maximum atomic E-state index is 15.2. The number of amides is 11. The molecule has 12 atom stereocenters. The Hall–Kier alpha value is -6.40. The number of aliphatic hydroxyl groups is 1. The van der Waals surface area contributed by atoms with E-state index in [1.807, 2.05) is 55.4 Å². The zero-order valence-electron chi connectivity index (χ0n) is 57.6. The first kappa shape index (κ1) is 79.6. The van der Waals surface area contributed by atoms with Crippen molar-refractivity contribution in [1.29, 1.82) is 0 Å². The molecule has 1 fully saturated rings. The first-order chi connectivity index (χ1) is 40.6. The van der Waals surface area contributed by atoms with Gasteiger partial charge in [0.25, 0.3) is 0 Å². The molecule has 1 aliphatic heterocycles. The Labute approximate surface area is 525 Å². The SMILES string of the molecule is CC[C@@H]1NC(=O)[C@H]([C@H](O)[C@H](C)CCCC(=O)OC)N(C)C(=O)[C@H](C(C)C)N(C)C(=O)[C@H](CC(C)C)N(C)C(=O)[C@H](CC(C)C)N(C)C(=O)[C@@H](C)NC(=O)[C@H](C)NC(=O)[C@H](CC(C)C)N(C)C(=O)[C@H](C(C)C)NC(=O)[C@H](CC(C)C)N(C)C(=O)CN(C)C1=O. The number of nitrogens with zero attached hydrogens (tertiary/aromatic N) is 7. The third-order valence-corrected chi connectivity index (χ3v) is 16.6. The fourth-order valence-electron chi connectivity index (χ4n) is 11.0. The Bertz CT molecular complexity index is 2400.